The van der Waals surface area contributed by atoms with Gasteiger partial charge in [0.2, 0.25) is 0 Å². The summed E-state index contributed by atoms with van der Waals surface area (Å²) in [5, 5.41) is 21.3. The van der Waals surface area contributed by atoms with E-state index in [0.717, 1.165) is 25.8 Å². The fourth-order valence-corrected chi connectivity index (χ4v) is 1.35. The molecule has 0 fully saturated rings. The molecule has 104 valence electrons. The van der Waals surface area contributed by atoms with E-state index in [1.807, 2.05) is 6.92 Å². The molecule has 5 nitrogen and oxygen atoms in total. The molecule has 0 aliphatic heterocycles. The summed E-state index contributed by atoms with van der Waals surface area (Å²) < 4.78 is 10.4. The lowest BCUT2D eigenvalue weighted by Crippen LogP contribution is -2.31. The summed E-state index contributed by atoms with van der Waals surface area (Å²) in [6, 6.07) is 0. The maximum absolute atomic E-state index is 9.54. The summed E-state index contributed by atoms with van der Waals surface area (Å²) in [4.78, 5) is 0. The first kappa shape index (κ1) is 16.8. The Labute approximate surface area is 104 Å². The van der Waals surface area contributed by atoms with E-state index in [4.69, 9.17) is 14.6 Å². The normalized spacial score (nSPS) is 12.9. The van der Waals surface area contributed by atoms with E-state index < -0.39 is 6.10 Å². The van der Waals surface area contributed by atoms with E-state index in [9.17, 15) is 5.11 Å². The summed E-state index contributed by atoms with van der Waals surface area (Å²) in [6.45, 7) is 5.77. The van der Waals surface area contributed by atoms with Crippen LogP contribution < -0.4 is 5.32 Å². The average Bonchev–Trinajstić information content (AvgIpc) is 2.33. The molecule has 0 aromatic heterocycles. The monoisotopic (exact) mass is 249 g/mol. The molecule has 5 heteroatoms. The van der Waals surface area contributed by atoms with Crippen molar-refractivity contribution in [3.8, 4) is 0 Å². The summed E-state index contributed by atoms with van der Waals surface area (Å²) in [5.74, 6) is 0. The summed E-state index contributed by atoms with van der Waals surface area (Å²) in [6.07, 6.45) is 2.43. The SMILES string of the molecule is CCOCCOCC(O)CNCCCCCO. The number of unbranched alkanes of at least 4 members (excludes halogenated alkanes) is 2. The summed E-state index contributed by atoms with van der Waals surface area (Å²) >= 11 is 0. The summed E-state index contributed by atoms with van der Waals surface area (Å²) in [5.41, 5.74) is 0. The van der Waals surface area contributed by atoms with Crippen molar-refractivity contribution in [3.63, 3.8) is 0 Å². The maximum Gasteiger partial charge on any atom is 0.0897 e. The molecular weight excluding hydrogens is 222 g/mol. The van der Waals surface area contributed by atoms with Crippen LogP contribution in [0.15, 0.2) is 0 Å². The fraction of sp³-hybridized carbons (Fsp3) is 1.00. The lowest BCUT2D eigenvalue weighted by Gasteiger charge is -2.12. The molecule has 0 aromatic carbocycles. The molecule has 0 aliphatic rings. The molecule has 0 spiro atoms. The first-order chi connectivity index (χ1) is 8.31. The lowest BCUT2D eigenvalue weighted by molar-refractivity contribution is 0.00654. The van der Waals surface area contributed by atoms with Gasteiger partial charge >= 0.3 is 0 Å². The molecule has 0 amide bonds. The van der Waals surface area contributed by atoms with Crippen molar-refractivity contribution in [1.29, 1.82) is 0 Å². The second kappa shape index (κ2) is 13.9. The van der Waals surface area contributed by atoms with Gasteiger partial charge in [-0.05, 0) is 32.7 Å². The van der Waals surface area contributed by atoms with Gasteiger partial charge in [0.1, 0.15) is 0 Å². The second-order valence-electron chi connectivity index (χ2n) is 3.91. The van der Waals surface area contributed by atoms with Crippen LogP contribution in [0.1, 0.15) is 26.2 Å². The van der Waals surface area contributed by atoms with Crippen molar-refractivity contribution in [2.75, 3.05) is 46.1 Å². The molecule has 1 unspecified atom stereocenters. The highest BCUT2D eigenvalue weighted by atomic mass is 16.5. The zero-order valence-corrected chi connectivity index (χ0v) is 10.9. The van der Waals surface area contributed by atoms with E-state index in [2.05, 4.69) is 5.32 Å². The molecule has 0 heterocycles. The Kier molecular flexibility index (Phi) is 13.7. The van der Waals surface area contributed by atoms with Gasteiger partial charge in [0.15, 0.2) is 0 Å². The molecule has 0 aliphatic carbocycles. The van der Waals surface area contributed by atoms with Crippen molar-refractivity contribution in [1.82, 2.24) is 5.32 Å². The van der Waals surface area contributed by atoms with Crippen molar-refractivity contribution in [2.24, 2.45) is 0 Å². The molecule has 1 atom stereocenters. The molecule has 17 heavy (non-hydrogen) atoms. The van der Waals surface area contributed by atoms with Crippen LogP contribution in [0.4, 0.5) is 0 Å². The van der Waals surface area contributed by atoms with Gasteiger partial charge in [-0.2, -0.15) is 0 Å². The highest BCUT2D eigenvalue weighted by Gasteiger charge is 2.02. The lowest BCUT2D eigenvalue weighted by atomic mass is 10.2. The van der Waals surface area contributed by atoms with Crippen molar-refractivity contribution < 1.29 is 19.7 Å². The van der Waals surface area contributed by atoms with Crippen LogP contribution in [0.25, 0.3) is 0 Å². The number of hydrogen-bond donors (Lipinski definition) is 3. The van der Waals surface area contributed by atoms with Gasteiger partial charge in [-0.25, -0.2) is 0 Å². The Hall–Kier alpha value is -0.200. The number of nitrogens with one attached hydrogen (secondary N) is 1. The molecule has 0 bridgehead atoms. The predicted octanol–water partition coefficient (Wildman–Crippen LogP) is 0.153. The van der Waals surface area contributed by atoms with E-state index >= 15 is 0 Å². The number of aliphatic hydroxyl groups excluding tert-OH is 2. The topological polar surface area (TPSA) is 71.0 Å². The molecule has 0 rings (SSSR count). The second-order valence-corrected chi connectivity index (χ2v) is 3.91. The minimum absolute atomic E-state index is 0.260. The van der Waals surface area contributed by atoms with Gasteiger partial charge in [0, 0.05) is 19.8 Å². The Balaban J connectivity index is 3.09. The fourth-order valence-electron chi connectivity index (χ4n) is 1.35. The highest BCUT2D eigenvalue weighted by molar-refractivity contribution is 4.58. The van der Waals surface area contributed by atoms with E-state index in [0.29, 0.717) is 33.0 Å². The minimum Gasteiger partial charge on any atom is -0.396 e. The van der Waals surface area contributed by atoms with E-state index in [1.165, 1.54) is 0 Å². The zero-order chi connectivity index (χ0) is 12.8. The first-order valence-corrected chi connectivity index (χ1v) is 6.46. The Morgan fingerprint density at radius 1 is 1.12 bits per heavy atom. The number of rotatable bonds is 13. The third-order valence-corrected chi connectivity index (χ3v) is 2.28. The van der Waals surface area contributed by atoms with E-state index in [1.54, 1.807) is 0 Å². The molecule has 0 radical (unpaired) electrons. The Morgan fingerprint density at radius 3 is 2.59 bits per heavy atom. The van der Waals surface area contributed by atoms with Crippen LogP contribution in [0.3, 0.4) is 0 Å². The van der Waals surface area contributed by atoms with Gasteiger partial charge in [0.05, 0.1) is 25.9 Å². The van der Waals surface area contributed by atoms with E-state index in [-0.39, 0.29) is 6.61 Å². The largest absolute Gasteiger partial charge is 0.396 e. The van der Waals surface area contributed by atoms with Crippen LogP contribution in [0.2, 0.25) is 0 Å². The number of hydrogen-bond acceptors (Lipinski definition) is 5. The third kappa shape index (κ3) is 13.7. The van der Waals surface area contributed by atoms with Gasteiger partial charge in [-0.1, -0.05) is 0 Å². The third-order valence-electron chi connectivity index (χ3n) is 2.28. The van der Waals surface area contributed by atoms with Crippen LogP contribution in [-0.4, -0.2) is 62.4 Å². The quantitative estimate of drug-likeness (QED) is 0.405. The average molecular weight is 249 g/mol. The van der Waals surface area contributed by atoms with Crippen LogP contribution in [-0.2, 0) is 9.47 Å². The summed E-state index contributed by atoms with van der Waals surface area (Å²) in [7, 11) is 0. The number of ether oxygens (including phenoxy) is 2. The van der Waals surface area contributed by atoms with Crippen molar-refractivity contribution in [3.05, 3.63) is 0 Å². The molecule has 0 saturated heterocycles. The molecule has 0 saturated carbocycles. The van der Waals surface area contributed by atoms with Gasteiger partial charge in [-0.3, -0.25) is 0 Å². The first-order valence-electron chi connectivity index (χ1n) is 6.46. The Bertz CT molecular complexity index is 146. The van der Waals surface area contributed by atoms with Gasteiger partial charge in [-0.15, -0.1) is 0 Å². The van der Waals surface area contributed by atoms with Crippen LogP contribution >= 0.6 is 0 Å². The van der Waals surface area contributed by atoms with Crippen molar-refractivity contribution in [2.45, 2.75) is 32.3 Å². The number of aliphatic hydroxyl groups is 2. The molecule has 3 N–H and O–H groups in total. The Morgan fingerprint density at radius 2 is 1.88 bits per heavy atom. The van der Waals surface area contributed by atoms with Crippen LogP contribution in [0.5, 0.6) is 0 Å². The molecule has 0 aromatic rings. The zero-order valence-electron chi connectivity index (χ0n) is 10.9. The predicted molar refractivity (Wildman–Crippen MR) is 67.1 cm³/mol. The maximum atomic E-state index is 9.54. The van der Waals surface area contributed by atoms with Gasteiger partial charge < -0.3 is 25.0 Å². The standard InChI is InChI=1S/C12H27NO4/c1-2-16-8-9-17-11-12(15)10-13-6-4-3-5-7-14/h12-15H,2-11H2,1H3. The van der Waals surface area contributed by atoms with Crippen molar-refractivity contribution >= 4 is 0 Å². The smallest absolute Gasteiger partial charge is 0.0897 e. The van der Waals surface area contributed by atoms with Gasteiger partial charge in [0.25, 0.3) is 0 Å². The highest BCUT2D eigenvalue weighted by Crippen LogP contribution is 1.92. The van der Waals surface area contributed by atoms with Crippen LogP contribution in [0, 0.1) is 0 Å². The molecular formula is C12H27NO4. The minimum atomic E-state index is -0.463.